The van der Waals surface area contributed by atoms with Crippen LogP contribution in [0.15, 0.2) is 6.33 Å². The number of rotatable bonds is 4. The van der Waals surface area contributed by atoms with Gasteiger partial charge in [-0.05, 0) is 0 Å². The third-order valence-electron chi connectivity index (χ3n) is 3.65. The van der Waals surface area contributed by atoms with Gasteiger partial charge in [-0.25, -0.2) is 4.98 Å². The molecule has 0 radical (unpaired) electrons. The Morgan fingerprint density at radius 2 is 2.14 bits per heavy atom. The Bertz CT molecular complexity index is 677. The van der Waals surface area contributed by atoms with Crippen molar-refractivity contribution < 1.29 is 19.3 Å². The van der Waals surface area contributed by atoms with E-state index in [1.807, 2.05) is 0 Å². The number of methoxy groups -OCH3 is 2. The molecule has 3 heterocycles. The summed E-state index contributed by atoms with van der Waals surface area (Å²) in [5.41, 5.74) is 12.2. The molecule has 120 valence electrons. The average Bonchev–Trinajstić information content (AvgIpc) is 3.01. The van der Waals surface area contributed by atoms with E-state index in [-0.39, 0.29) is 18.4 Å². The van der Waals surface area contributed by atoms with Gasteiger partial charge in [0.1, 0.15) is 23.8 Å². The summed E-state index contributed by atoms with van der Waals surface area (Å²) in [5, 5.41) is 10.5. The van der Waals surface area contributed by atoms with E-state index in [4.69, 9.17) is 25.7 Å². The molecule has 2 aromatic rings. The van der Waals surface area contributed by atoms with Gasteiger partial charge in [-0.1, -0.05) is 0 Å². The largest absolute Gasteiger partial charge is 0.386 e. The molecule has 0 bridgehead atoms. The maximum Gasteiger partial charge on any atom is 0.224 e. The van der Waals surface area contributed by atoms with Crippen LogP contribution in [-0.4, -0.2) is 63.8 Å². The maximum absolute atomic E-state index is 10.5. The number of anilines is 2. The van der Waals surface area contributed by atoms with Crippen molar-refractivity contribution in [2.45, 2.75) is 24.5 Å². The van der Waals surface area contributed by atoms with Crippen molar-refractivity contribution in [2.75, 3.05) is 32.3 Å². The van der Waals surface area contributed by atoms with Crippen LogP contribution in [0, 0.1) is 0 Å². The molecule has 22 heavy (non-hydrogen) atoms. The lowest BCUT2D eigenvalue weighted by Gasteiger charge is -2.18. The van der Waals surface area contributed by atoms with Gasteiger partial charge in [-0.2, -0.15) is 9.97 Å². The van der Waals surface area contributed by atoms with Crippen molar-refractivity contribution in [2.24, 2.45) is 0 Å². The van der Waals surface area contributed by atoms with Gasteiger partial charge < -0.3 is 30.8 Å². The number of nitrogens with two attached hydrogens (primary N) is 2. The highest BCUT2D eigenvalue weighted by molar-refractivity contribution is 5.82. The highest BCUT2D eigenvalue weighted by atomic mass is 16.6. The highest BCUT2D eigenvalue weighted by Gasteiger charge is 2.45. The number of ether oxygens (including phenoxy) is 3. The summed E-state index contributed by atoms with van der Waals surface area (Å²) in [5.74, 6) is 0.196. The number of aliphatic hydroxyl groups is 1. The fourth-order valence-electron chi connectivity index (χ4n) is 2.68. The van der Waals surface area contributed by atoms with Gasteiger partial charge in [-0.3, -0.25) is 4.57 Å². The van der Waals surface area contributed by atoms with E-state index in [0.717, 1.165) is 0 Å². The van der Waals surface area contributed by atoms with Crippen LogP contribution in [0.25, 0.3) is 11.2 Å². The Morgan fingerprint density at radius 3 is 2.82 bits per heavy atom. The molecule has 0 amide bonds. The van der Waals surface area contributed by atoms with Crippen molar-refractivity contribution in [3.8, 4) is 0 Å². The van der Waals surface area contributed by atoms with E-state index in [1.165, 1.54) is 13.4 Å². The Kier molecular flexibility index (Phi) is 3.83. The minimum Gasteiger partial charge on any atom is -0.386 e. The van der Waals surface area contributed by atoms with Crippen molar-refractivity contribution in [1.29, 1.82) is 0 Å². The second-order valence-corrected chi connectivity index (χ2v) is 5.00. The maximum atomic E-state index is 10.5. The summed E-state index contributed by atoms with van der Waals surface area (Å²) in [6, 6.07) is 0. The van der Waals surface area contributed by atoms with Crippen molar-refractivity contribution in [3.05, 3.63) is 6.33 Å². The van der Waals surface area contributed by atoms with Crippen LogP contribution < -0.4 is 11.5 Å². The van der Waals surface area contributed by atoms with Crippen LogP contribution in [0.3, 0.4) is 0 Å². The normalized spacial score (nSPS) is 28.5. The summed E-state index contributed by atoms with van der Waals surface area (Å²) in [7, 11) is 3.06. The number of fused-ring (bicyclic) bond motifs is 1. The van der Waals surface area contributed by atoms with Gasteiger partial charge in [-0.15, -0.1) is 0 Å². The fraction of sp³-hybridized carbons (Fsp3) is 0.583. The number of aliphatic hydroxyl groups excluding tert-OH is 1. The van der Waals surface area contributed by atoms with E-state index in [1.54, 1.807) is 11.7 Å². The molecule has 1 saturated heterocycles. The monoisotopic (exact) mass is 310 g/mol. The molecule has 0 saturated carbocycles. The number of hydrogen-bond donors (Lipinski definition) is 3. The Morgan fingerprint density at radius 1 is 1.36 bits per heavy atom. The SMILES string of the molecule is COC[C@H]1OC(n2cnc3c(N)nc(N)nc32)C(O)[C@H]1OC. The van der Waals surface area contributed by atoms with Crippen LogP contribution in [0.4, 0.5) is 11.8 Å². The first-order valence-electron chi connectivity index (χ1n) is 6.67. The van der Waals surface area contributed by atoms with Crippen LogP contribution in [0.5, 0.6) is 0 Å². The van der Waals surface area contributed by atoms with Gasteiger partial charge in [0.25, 0.3) is 0 Å². The molecule has 0 aromatic carbocycles. The third-order valence-corrected chi connectivity index (χ3v) is 3.65. The minimum atomic E-state index is -0.917. The third kappa shape index (κ3) is 2.25. The minimum absolute atomic E-state index is 0.0240. The zero-order valence-electron chi connectivity index (χ0n) is 12.2. The molecule has 1 fully saturated rings. The first kappa shape index (κ1) is 14.9. The molecule has 4 atom stereocenters. The Labute approximate surface area is 126 Å². The number of aromatic nitrogens is 4. The van der Waals surface area contributed by atoms with Gasteiger partial charge in [0.2, 0.25) is 5.95 Å². The van der Waals surface area contributed by atoms with E-state index in [0.29, 0.717) is 11.2 Å². The summed E-state index contributed by atoms with van der Waals surface area (Å²) in [6.45, 7) is 0.290. The van der Waals surface area contributed by atoms with E-state index in [2.05, 4.69) is 15.0 Å². The van der Waals surface area contributed by atoms with Crippen LogP contribution in [-0.2, 0) is 14.2 Å². The number of nitrogen functional groups attached to an aromatic ring is 2. The number of nitrogens with zero attached hydrogens (tertiary/aromatic N) is 4. The van der Waals surface area contributed by atoms with Gasteiger partial charge >= 0.3 is 0 Å². The van der Waals surface area contributed by atoms with Gasteiger partial charge in [0.05, 0.1) is 12.9 Å². The second-order valence-electron chi connectivity index (χ2n) is 5.00. The predicted octanol–water partition coefficient (Wildman–Crippen LogP) is -1.09. The molecular weight excluding hydrogens is 292 g/mol. The van der Waals surface area contributed by atoms with E-state index >= 15 is 0 Å². The summed E-state index contributed by atoms with van der Waals surface area (Å²) in [4.78, 5) is 12.1. The topological polar surface area (TPSA) is 144 Å². The van der Waals surface area contributed by atoms with Gasteiger partial charge in [0, 0.05) is 14.2 Å². The summed E-state index contributed by atoms with van der Waals surface area (Å²) < 4.78 is 17.8. The molecule has 0 aliphatic carbocycles. The lowest BCUT2D eigenvalue weighted by atomic mass is 10.1. The fourth-order valence-corrected chi connectivity index (χ4v) is 2.68. The zero-order chi connectivity index (χ0) is 15.9. The van der Waals surface area contributed by atoms with Crippen molar-refractivity contribution in [3.63, 3.8) is 0 Å². The summed E-state index contributed by atoms with van der Waals surface area (Å²) >= 11 is 0. The summed E-state index contributed by atoms with van der Waals surface area (Å²) in [6.07, 6.45) is -1.11. The first-order valence-corrected chi connectivity index (χ1v) is 6.67. The lowest BCUT2D eigenvalue weighted by Crippen LogP contribution is -2.35. The second kappa shape index (κ2) is 5.65. The van der Waals surface area contributed by atoms with Crippen molar-refractivity contribution >= 4 is 22.9 Å². The zero-order valence-corrected chi connectivity index (χ0v) is 12.2. The molecule has 10 nitrogen and oxygen atoms in total. The molecule has 2 aromatic heterocycles. The molecule has 1 aliphatic heterocycles. The Balaban J connectivity index is 2.01. The standard InChI is InChI=1S/C12H18N6O4/c1-20-3-5-8(21-2)7(19)11(22-5)18-4-15-6-9(13)16-12(14)17-10(6)18/h4-5,7-8,11,19H,3H2,1-2H3,(H4,13,14,16,17)/t5-,7?,8+,11?/m1/s1. The average molecular weight is 310 g/mol. The molecule has 3 rings (SSSR count). The molecule has 5 N–H and O–H groups in total. The highest BCUT2D eigenvalue weighted by Crippen LogP contribution is 2.33. The molecular formula is C12H18N6O4. The molecule has 0 spiro atoms. The van der Waals surface area contributed by atoms with E-state index < -0.39 is 24.5 Å². The quantitative estimate of drug-likeness (QED) is 0.641. The van der Waals surface area contributed by atoms with E-state index in [9.17, 15) is 5.11 Å². The number of imidazole rings is 1. The van der Waals surface area contributed by atoms with Crippen LogP contribution in [0.1, 0.15) is 6.23 Å². The molecule has 2 unspecified atom stereocenters. The molecule has 1 aliphatic rings. The lowest BCUT2D eigenvalue weighted by molar-refractivity contribution is -0.0612. The van der Waals surface area contributed by atoms with Crippen molar-refractivity contribution in [1.82, 2.24) is 19.5 Å². The Hall–Kier alpha value is -2.01. The van der Waals surface area contributed by atoms with Crippen LogP contribution in [0.2, 0.25) is 0 Å². The predicted molar refractivity (Wildman–Crippen MR) is 76.7 cm³/mol. The first-order chi connectivity index (χ1) is 10.6. The van der Waals surface area contributed by atoms with Crippen LogP contribution >= 0.6 is 0 Å². The number of hydrogen-bond acceptors (Lipinski definition) is 9. The van der Waals surface area contributed by atoms with Gasteiger partial charge in [0.15, 0.2) is 17.7 Å². The molecule has 10 heteroatoms. The smallest absolute Gasteiger partial charge is 0.224 e.